The molecule has 2 rings (SSSR count). The van der Waals surface area contributed by atoms with E-state index in [1.54, 1.807) is 10.8 Å². The first kappa shape index (κ1) is 24.9. The Morgan fingerprint density at radius 2 is 1.71 bits per heavy atom. The summed E-state index contributed by atoms with van der Waals surface area (Å²) >= 11 is 0. The molecule has 0 radical (unpaired) electrons. The molecule has 0 aromatic rings. The SMILES string of the molecule is O=C(O)C(F)(F)F.O=C(O)CCSSCCNC(=O)CC1CCC2(CCC2)O1. The standard InChI is InChI=1S/C14H23NO4S2.C2HF3O2/c16-12(15-7-9-21-20-8-3-13(17)18)10-11-2-6-14(19-11)4-1-5-14;3-2(4,5)1(6)7/h11H,1-10H2,(H,15,16)(H,17,18);(H,6,7). The fourth-order valence-electron chi connectivity index (χ4n) is 2.74. The topological polar surface area (TPSA) is 113 Å². The molecule has 0 aromatic carbocycles. The number of ether oxygens (including phenoxy) is 1. The van der Waals surface area contributed by atoms with E-state index in [0.717, 1.165) is 31.4 Å². The van der Waals surface area contributed by atoms with E-state index < -0.39 is 18.1 Å². The van der Waals surface area contributed by atoms with Gasteiger partial charge >= 0.3 is 18.1 Å². The summed E-state index contributed by atoms with van der Waals surface area (Å²) in [5.74, 6) is -2.06. The second kappa shape index (κ2) is 11.8. The second-order valence-electron chi connectivity index (χ2n) is 6.46. The van der Waals surface area contributed by atoms with Crippen LogP contribution in [0.4, 0.5) is 13.2 Å². The van der Waals surface area contributed by atoms with Crippen LogP contribution in [0.5, 0.6) is 0 Å². The number of hydrogen-bond acceptors (Lipinski definition) is 6. The highest BCUT2D eigenvalue weighted by Crippen LogP contribution is 2.46. The third-order valence-corrected chi connectivity index (χ3v) is 6.66. The van der Waals surface area contributed by atoms with E-state index >= 15 is 0 Å². The van der Waals surface area contributed by atoms with Gasteiger partial charge in [-0.1, -0.05) is 21.6 Å². The third kappa shape index (κ3) is 9.87. The maximum absolute atomic E-state index is 11.8. The fraction of sp³-hybridized carbons (Fsp3) is 0.812. The van der Waals surface area contributed by atoms with Crippen LogP contribution in [0, 0.1) is 0 Å². The molecule has 1 amide bonds. The minimum atomic E-state index is -5.08. The number of carbonyl (C=O) groups excluding carboxylic acids is 1. The number of aliphatic carboxylic acids is 2. The molecule has 1 aliphatic heterocycles. The second-order valence-corrected chi connectivity index (χ2v) is 9.16. The van der Waals surface area contributed by atoms with Crippen LogP contribution in [0.2, 0.25) is 0 Å². The minimum Gasteiger partial charge on any atom is -0.481 e. The zero-order chi connectivity index (χ0) is 21.2. The zero-order valence-electron chi connectivity index (χ0n) is 15.1. The molecule has 0 bridgehead atoms. The summed E-state index contributed by atoms with van der Waals surface area (Å²) < 4.78 is 37.7. The Morgan fingerprint density at radius 3 is 2.18 bits per heavy atom. The first-order chi connectivity index (χ1) is 13.0. The summed E-state index contributed by atoms with van der Waals surface area (Å²) in [6.07, 6.45) is 1.38. The van der Waals surface area contributed by atoms with Crippen molar-refractivity contribution in [2.45, 2.75) is 62.8 Å². The largest absolute Gasteiger partial charge is 0.490 e. The van der Waals surface area contributed by atoms with Crippen LogP contribution in [0.15, 0.2) is 0 Å². The van der Waals surface area contributed by atoms with Crippen molar-refractivity contribution in [2.75, 3.05) is 18.1 Å². The van der Waals surface area contributed by atoms with E-state index in [0.29, 0.717) is 18.7 Å². The number of carboxylic acid groups (broad SMARTS) is 2. The Balaban J connectivity index is 0.000000480. The molecular weight excluding hydrogens is 423 g/mol. The van der Waals surface area contributed by atoms with Gasteiger partial charge in [0.25, 0.3) is 0 Å². The summed E-state index contributed by atoms with van der Waals surface area (Å²) in [6.45, 7) is 0.626. The molecule has 1 heterocycles. The van der Waals surface area contributed by atoms with Crippen LogP contribution in [-0.2, 0) is 19.1 Å². The molecule has 1 aliphatic carbocycles. The smallest absolute Gasteiger partial charge is 0.481 e. The van der Waals surface area contributed by atoms with E-state index in [1.165, 1.54) is 17.2 Å². The molecule has 162 valence electrons. The lowest BCUT2D eigenvalue weighted by molar-refractivity contribution is -0.192. The summed E-state index contributed by atoms with van der Waals surface area (Å²) in [6, 6.07) is 0. The van der Waals surface area contributed by atoms with E-state index in [9.17, 15) is 22.8 Å². The highest BCUT2D eigenvalue weighted by molar-refractivity contribution is 8.76. The van der Waals surface area contributed by atoms with Crippen LogP contribution in [-0.4, -0.2) is 64.0 Å². The number of alkyl halides is 3. The van der Waals surface area contributed by atoms with Gasteiger partial charge in [0.1, 0.15) is 0 Å². The maximum atomic E-state index is 11.8. The quantitative estimate of drug-likeness (QED) is 0.365. The molecule has 1 saturated carbocycles. The van der Waals surface area contributed by atoms with Gasteiger partial charge in [0, 0.05) is 18.1 Å². The summed E-state index contributed by atoms with van der Waals surface area (Å²) in [5.41, 5.74) is 0.127. The van der Waals surface area contributed by atoms with E-state index in [-0.39, 0.29) is 24.0 Å². The maximum Gasteiger partial charge on any atom is 0.490 e. The van der Waals surface area contributed by atoms with Gasteiger partial charge in [0.2, 0.25) is 5.91 Å². The molecule has 28 heavy (non-hydrogen) atoms. The molecule has 2 fully saturated rings. The Morgan fingerprint density at radius 1 is 1.11 bits per heavy atom. The fourth-order valence-corrected chi connectivity index (χ4v) is 4.62. The van der Waals surface area contributed by atoms with E-state index in [2.05, 4.69) is 5.32 Å². The highest BCUT2D eigenvalue weighted by Gasteiger charge is 2.45. The average Bonchev–Trinajstić information content (AvgIpc) is 2.98. The Kier molecular flexibility index (Phi) is 10.5. The Labute approximate surface area is 168 Å². The van der Waals surface area contributed by atoms with Gasteiger partial charge < -0.3 is 20.3 Å². The lowest BCUT2D eigenvalue weighted by Crippen LogP contribution is -2.37. The first-order valence-corrected chi connectivity index (χ1v) is 11.2. The van der Waals surface area contributed by atoms with Crippen molar-refractivity contribution in [3.8, 4) is 0 Å². The number of amides is 1. The molecule has 0 aromatic heterocycles. The zero-order valence-corrected chi connectivity index (χ0v) is 16.8. The van der Waals surface area contributed by atoms with Gasteiger partial charge in [-0.3, -0.25) is 9.59 Å². The molecule has 12 heteroatoms. The number of hydrogen-bond donors (Lipinski definition) is 3. The van der Waals surface area contributed by atoms with Crippen LogP contribution < -0.4 is 5.32 Å². The van der Waals surface area contributed by atoms with Crippen molar-refractivity contribution >= 4 is 39.4 Å². The van der Waals surface area contributed by atoms with Crippen LogP contribution in [0.25, 0.3) is 0 Å². The van der Waals surface area contributed by atoms with Crippen molar-refractivity contribution in [3.63, 3.8) is 0 Å². The van der Waals surface area contributed by atoms with Gasteiger partial charge in [-0.05, 0) is 32.1 Å². The Hall–Kier alpha value is -1.14. The third-order valence-electron chi connectivity index (χ3n) is 4.25. The predicted octanol–water partition coefficient (Wildman–Crippen LogP) is 3.08. The molecule has 1 spiro atoms. The molecule has 1 saturated heterocycles. The van der Waals surface area contributed by atoms with Gasteiger partial charge in [-0.2, -0.15) is 13.2 Å². The first-order valence-electron chi connectivity index (χ1n) is 8.75. The Bertz CT molecular complexity index is 543. The summed E-state index contributed by atoms with van der Waals surface area (Å²) in [4.78, 5) is 31.0. The predicted molar refractivity (Wildman–Crippen MR) is 99.2 cm³/mol. The van der Waals surface area contributed by atoms with E-state index in [4.69, 9.17) is 19.7 Å². The average molecular weight is 447 g/mol. The van der Waals surface area contributed by atoms with Crippen molar-refractivity contribution in [2.24, 2.45) is 0 Å². The molecule has 3 N–H and O–H groups in total. The van der Waals surface area contributed by atoms with Crippen molar-refractivity contribution in [1.29, 1.82) is 0 Å². The number of halogens is 3. The number of nitrogens with one attached hydrogen (secondary N) is 1. The van der Waals surface area contributed by atoms with Crippen molar-refractivity contribution < 1.29 is 42.5 Å². The van der Waals surface area contributed by atoms with Crippen LogP contribution >= 0.6 is 21.6 Å². The normalized spacial score (nSPS) is 20.0. The molecule has 2 aliphatic rings. The number of rotatable bonds is 9. The van der Waals surface area contributed by atoms with Crippen LogP contribution in [0.3, 0.4) is 0 Å². The lowest BCUT2D eigenvalue weighted by atomic mass is 9.78. The van der Waals surface area contributed by atoms with Gasteiger partial charge in [0.15, 0.2) is 0 Å². The highest BCUT2D eigenvalue weighted by atomic mass is 33.1. The van der Waals surface area contributed by atoms with Gasteiger partial charge in [-0.25, -0.2) is 4.79 Å². The number of carbonyl (C=O) groups is 3. The molecule has 7 nitrogen and oxygen atoms in total. The summed E-state index contributed by atoms with van der Waals surface area (Å²) in [7, 11) is 3.14. The summed E-state index contributed by atoms with van der Waals surface area (Å²) in [5, 5.41) is 18.5. The van der Waals surface area contributed by atoms with Crippen molar-refractivity contribution in [3.05, 3.63) is 0 Å². The molecule has 1 atom stereocenters. The lowest BCUT2D eigenvalue weighted by Gasteiger charge is -2.37. The number of carboxylic acids is 2. The van der Waals surface area contributed by atoms with E-state index in [1.807, 2.05) is 0 Å². The molecule has 1 unspecified atom stereocenters. The van der Waals surface area contributed by atoms with Gasteiger partial charge in [0.05, 0.1) is 24.5 Å². The van der Waals surface area contributed by atoms with Crippen molar-refractivity contribution in [1.82, 2.24) is 5.32 Å². The van der Waals surface area contributed by atoms with Crippen LogP contribution in [0.1, 0.15) is 44.9 Å². The van der Waals surface area contributed by atoms with Gasteiger partial charge in [-0.15, -0.1) is 0 Å². The monoisotopic (exact) mass is 447 g/mol. The molecular formula is C16H24F3NO6S2. The minimum absolute atomic E-state index is 0.0625.